The number of hydrogen-bond donors (Lipinski definition) is 2. The van der Waals surface area contributed by atoms with Crippen LogP contribution in [0.2, 0.25) is 0 Å². The summed E-state index contributed by atoms with van der Waals surface area (Å²) < 4.78 is 26.3. The maximum atomic E-state index is 13.8. The van der Waals surface area contributed by atoms with Crippen LogP contribution in [0, 0.1) is 17.8 Å². The van der Waals surface area contributed by atoms with Gasteiger partial charge < -0.3 is 38.9 Å². The molecule has 56 heavy (non-hydrogen) atoms. The standard InChI is InChI=1S/C45H62N2O8S/c1-7-9-26-52-43(50)47(6)40-31-38(46-55-44(3,4)5)36-29-32(17-13-15-23-48)35(20-14-16-24-49)41-37-30-33(51-27-28-56-34-18-11-10-12-19-34)21-22-39(37)54-45(40,42(36)41)53-25-8-2/h7-8,10-12,18-19,21-22,29-30,32,35,40-42,48-49H,1-2,9,13-17,20,23-28,31H2,3-6H3. The van der Waals surface area contributed by atoms with Gasteiger partial charge in [-0.15, -0.1) is 24.9 Å². The van der Waals surface area contributed by atoms with Gasteiger partial charge in [-0.3, -0.25) is 0 Å². The van der Waals surface area contributed by atoms with Gasteiger partial charge >= 0.3 is 6.09 Å². The highest BCUT2D eigenvalue weighted by Gasteiger charge is 2.65. The summed E-state index contributed by atoms with van der Waals surface area (Å²) >= 11 is 1.75. The van der Waals surface area contributed by atoms with Crippen molar-refractivity contribution in [1.82, 2.24) is 4.90 Å². The molecule has 2 N–H and O–H groups in total. The third kappa shape index (κ3) is 10.6. The SMILES string of the molecule is C=CCCOC(=O)N(C)C1CC(=NOC(C)(C)C)C2=CC(CCCCO)C(CCCCO)C3c4cc(OCCSc5ccccc5)ccc4OC1(OCC=C)C23. The molecule has 0 aromatic heterocycles. The molecule has 1 saturated carbocycles. The van der Waals surface area contributed by atoms with Crippen molar-refractivity contribution in [1.29, 1.82) is 0 Å². The number of rotatable bonds is 21. The summed E-state index contributed by atoms with van der Waals surface area (Å²) in [5, 5.41) is 24.5. The predicted molar refractivity (Wildman–Crippen MR) is 222 cm³/mol. The lowest BCUT2D eigenvalue weighted by Crippen LogP contribution is -2.69. The lowest BCUT2D eigenvalue weighted by Gasteiger charge is -2.59. The zero-order chi connectivity index (χ0) is 40.1. The highest BCUT2D eigenvalue weighted by Crippen LogP contribution is 2.61. The number of amides is 1. The molecule has 1 fully saturated rings. The monoisotopic (exact) mass is 790 g/mol. The van der Waals surface area contributed by atoms with Gasteiger partial charge in [-0.25, -0.2) is 4.79 Å². The Morgan fingerprint density at radius 1 is 1.04 bits per heavy atom. The van der Waals surface area contributed by atoms with Crippen LogP contribution in [-0.2, 0) is 14.3 Å². The number of oxime groups is 1. The van der Waals surface area contributed by atoms with Crippen LogP contribution in [0.1, 0.15) is 83.6 Å². The molecular formula is C45H62N2O8S. The highest BCUT2D eigenvalue weighted by atomic mass is 32.2. The van der Waals surface area contributed by atoms with Gasteiger partial charge in [0.25, 0.3) is 0 Å². The minimum Gasteiger partial charge on any atom is -0.493 e. The second kappa shape index (κ2) is 20.6. The molecule has 11 heteroatoms. The number of aliphatic hydroxyl groups is 2. The number of unbranched alkanes of at least 4 members (excludes halogenated alkanes) is 2. The second-order valence-corrected chi connectivity index (χ2v) is 17.0. The predicted octanol–water partition coefficient (Wildman–Crippen LogP) is 8.93. The average Bonchev–Trinajstić information content (AvgIpc) is 3.19. The lowest BCUT2D eigenvalue weighted by atomic mass is 9.55. The minimum atomic E-state index is -1.34. The summed E-state index contributed by atoms with van der Waals surface area (Å²) in [7, 11) is 1.73. The van der Waals surface area contributed by atoms with Crippen molar-refractivity contribution in [2.75, 3.05) is 45.8 Å². The van der Waals surface area contributed by atoms with Gasteiger partial charge in [0.05, 0.1) is 31.5 Å². The van der Waals surface area contributed by atoms with Gasteiger partial charge in [-0.1, -0.05) is 54.4 Å². The molecule has 0 spiro atoms. The first-order chi connectivity index (χ1) is 27.1. The van der Waals surface area contributed by atoms with Gasteiger partial charge in [0.2, 0.25) is 5.79 Å². The largest absolute Gasteiger partial charge is 0.493 e. The topological polar surface area (TPSA) is 119 Å². The summed E-state index contributed by atoms with van der Waals surface area (Å²) in [6.07, 6.45) is 10.9. The first-order valence-electron chi connectivity index (χ1n) is 20.1. The molecule has 2 aliphatic carbocycles. The quantitative estimate of drug-likeness (QED) is 0.0553. The smallest absolute Gasteiger partial charge is 0.409 e. The summed E-state index contributed by atoms with van der Waals surface area (Å²) in [5.41, 5.74) is 2.17. The van der Waals surface area contributed by atoms with Crippen molar-refractivity contribution >= 4 is 23.6 Å². The zero-order valence-electron chi connectivity index (χ0n) is 33.7. The fourth-order valence-electron chi connectivity index (χ4n) is 8.30. The molecule has 306 valence electrons. The van der Waals surface area contributed by atoms with E-state index in [4.69, 9.17) is 28.9 Å². The number of hydrogen-bond acceptors (Lipinski definition) is 10. The van der Waals surface area contributed by atoms with Crippen LogP contribution in [0.5, 0.6) is 11.5 Å². The molecule has 2 aromatic rings. The number of carbonyl (C=O) groups excluding carboxylic acids is 1. The highest BCUT2D eigenvalue weighted by molar-refractivity contribution is 7.99. The van der Waals surface area contributed by atoms with Gasteiger partial charge in [0.15, 0.2) is 0 Å². The Kier molecular flexibility index (Phi) is 15.9. The minimum absolute atomic E-state index is 0.112. The maximum absolute atomic E-state index is 13.8. The number of nitrogens with zero attached hydrogens (tertiary/aromatic N) is 2. The fourth-order valence-corrected chi connectivity index (χ4v) is 9.06. The Labute approximate surface area is 337 Å². The molecule has 1 amide bonds. The average molecular weight is 791 g/mol. The molecule has 1 heterocycles. The van der Waals surface area contributed by atoms with Crippen LogP contribution in [0.4, 0.5) is 4.79 Å². The molecular weight excluding hydrogens is 729 g/mol. The van der Waals surface area contributed by atoms with E-state index in [1.54, 1.807) is 35.9 Å². The van der Waals surface area contributed by atoms with Crippen LogP contribution < -0.4 is 9.47 Å². The number of allylic oxidation sites excluding steroid dienone is 1. The molecule has 10 nitrogen and oxygen atoms in total. The summed E-state index contributed by atoms with van der Waals surface area (Å²) in [6, 6.07) is 15.7. The van der Waals surface area contributed by atoms with Crippen LogP contribution in [0.3, 0.4) is 0 Å². The molecule has 0 radical (unpaired) electrons. The van der Waals surface area contributed by atoms with Crippen molar-refractivity contribution in [3.63, 3.8) is 0 Å². The van der Waals surface area contributed by atoms with E-state index >= 15 is 0 Å². The number of aliphatic hydroxyl groups excluding tert-OH is 2. The number of benzene rings is 2. The number of fused-ring (bicyclic) bond motifs is 2. The molecule has 6 unspecified atom stereocenters. The van der Waals surface area contributed by atoms with Crippen LogP contribution in [0.25, 0.3) is 0 Å². The van der Waals surface area contributed by atoms with E-state index in [1.807, 2.05) is 51.1 Å². The van der Waals surface area contributed by atoms with E-state index in [-0.39, 0.29) is 44.2 Å². The van der Waals surface area contributed by atoms with Gasteiger partial charge in [0.1, 0.15) is 23.1 Å². The number of thioether (sulfide) groups is 1. The van der Waals surface area contributed by atoms with E-state index in [9.17, 15) is 15.0 Å². The molecule has 1 aliphatic heterocycles. The summed E-state index contributed by atoms with van der Waals surface area (Å²) in [5.74, 6) is 0.565. The molecule has 3 aliphatic rings. The third-order valence-corrected chi connectivity index (χ3v) is 11.7. The molecule has 5 rings (SSSR count). The fraction of sp³-hybridized carbons (Fsp3) is 0.556. The Hall–Kier alpha value is -3.77. The first-order valence-corrected chi connectivity index (χ1v) is 21.1. The number of likely N-dealkylation sites (N-methyl/N-ethyl adjacent to an activating group) is 1. The maximum Gasteiger partial charge on any atom is 0.409 e. The van der Waals surface area contributed by atoms with Crippen molar-refractivity contribution in [3.8, 4) is 11.5 Å². The van der Waals surface area contributed by atoms with Crippen LogP contribution in [-0.4, -0.2) is 90.2 Å². The van der Waals surface area contributed by atoms with Gasteiger partial charge in [0, 0.05) is 48.8 Å². The van der Waals surface area contributed by atoms with Crippen molar-refractivity contribution < 1.29 is 38.8 Å². The van der Waals surface area contributed by atoms with E-state index in [2.05, 4.69) is 37.4 Å². The Balaban J connectivity index is 1.66. The number of carbonyl (C=O) groups is 1. The van der Waals surface area contributed by atoms with Gasteiger partial charge in [-0.05, 0) is 101 Å². The Bertz CT molecular complexity index is 1660. The third-order valence-electron chi connectivity index (χ3n) is 10.7. The van der Waals surface area contributed by atoms with Crippen molar-refractivity contribution in [3.05, 3.63) is 91.1 Å². The van der Waals surface area contributed by atoms with Crippen LogP contribution >= 0.6 is 11.8 Å². The normalized spacial score (nSPS) is 24.6. The summed E-state index contributed by atoms with van der Waals surface area (Å²) in [4.78, 5) is 22.8. The number of ether oxygens (including phenoxy) is 4. The molecule has 0 saturated heterocycles. The van der Waals surface area contributed by atoms with E-state index in [1.165, 1.54) is 4.90 Å². The van der Waals surface area contributed by atoms with E-state index in [0.717, 1.165) is 54.0 Å². The lowest BCUT2D eigenvalue weighted by molar-refractivity contribution is -0.253. The van der Waals surface area contributed by atoms with E-state index in [0.29, 0.717) is 38.0 Å². The molecule has 0 bridgehead atoms. The Morgan fingerprint density at radius 2 is 1.79 bits per heavy atom. The molecule has 6 atom stereocenters. The van der Waals surface area contributed by atoms with E-state index < -0.39 is 29.4 Å². The second-order valence-electron chi connectivity index (χ2n) is 15.8. The van der Waals surface area contributed by atoms with Gasteiger partial charge in [-0.2, -0.15) is 0 Å². The van der Waals surface area contributed by atoms with Crippen molar-refractivity contribution in [2.24, 2.45) is 22.9 Å². The first kappa shape index (κ1) is 43.4. The Morgan fingerprint density at radius 3 is 2.48 bits per heavy atom. The molecule has 2 aromatic carbocycles. The summed E-state index contributed by atoms with van der Waals surface area (Å²) in [6.45, 7) is 14.8. The van der Waals surface area contributed by atoms with Crippen molar-refractivity contribution in [2.45, 2.75) is 100 Å². The van der Waals surface area contributed by atoms with Crippen LogP contribution in [0.15, 0.2) is 95.5 Å². The zero-order valence-corrected chi connectivity index (χ0v) is 34.5.